The minimum absolute atomic E-state index is 0.161. The van der Waals surface area contributed by atoms with E-state index in [1.54, 1.807) is 36.7 Å². The fourth-order valence-corrected chi connectivity index (χ4v) is 2.97. The van der Waals surface area contributed by atoms with Crippen LogP contribution in [0.4, 0.5) is 0 Å². The number of nitrogens with zero attached hydrogens (tertiary/aromatic N) is 1. The molecule has 3 rings (SSSR count). The Balaban J connectivity index is 1.82. The number of benzene rings is 1. The lowest BCUT2D eigenvalue weighted by molar-refractivity contribution is 0.0294. The van der Waals surface area contributed by atoms with Crippen LogP contribution in [0.3, 0.4) is 0 Å². The normalized spacial score (nSPS) is 27.5. The van der Waals surface area contributed by atoms with Gasteiger partial charge in [-0.2, -0.15) is 0 Å². The first-order valence-electron chi connectivity index (χ1n) is 7.29. The standard InChI is InChI=1S/C17H18N2O3/c20-14-9-13(12-7-4-8-18-10-12)15(16(14)21)19-17(22)11-5-2-1-3-6-11/h1-8,10,13-16,20-21H,9H2,(H,19,22)/t13-,14-,15-,16-/m1/s1. The third-order valence-electron chi connectivity index (χ3n) is 4.14. The van der Waals surface area contributed by atoms with Gasteiger partial charge in [0.25, 0.3) is 5.91 Å². The quantitative estimate of drug-likeness (QED) is 0.792. The van der Waals surface area contributed by atoms with Crippen LogP contribution in [0, 0.1) is 0 Å². The summed E-state index contributed by atoms with van der Waals surface area (Å²) in [4.78, 5) is 16.4. The molecule has 4 atom stereocenters. The van der Waals surface area contributed by atoms with Gasteiger partial charge in [-0.3, -0.25) is 9.78 Å². The molecule has 0 unspecified atom stereocenters. The van der Waals surface area contributed by atoms with Gasteiger partial charge in [-0.15, -0.1) is 0 Å². The molecule has 0 bridgehead atoms. The summed E-state index contributed by atoms with van der Waals surface area (Å²) in [6.45, 7) is 0. The van der Waals surface area contributed by atoms with E-state index in [0.29, 0.717) is 12.0 Å². The third-order valence-corrected chi connectivity index (χ3v) is 4.14. The second kappa shape index (κ2) is 6.25. The zero-order valence-corrected chi connectivity index (χ0v) is 12.0. The van der Waals surface area contributed by atoms with Crippen LogP contribution in [0.5, 0.6) is 0 Å². The third kappa shape index (κ3) is 2.86. The van der Waals surface area contributed by atoms with Crippen molar-refractivity contribution in [2.75, 3.05) is 0 Å². The molecule has 0 radical (unpaired) electrons. The van der Waals surface area contributed by atoms with E-state index < -0.39 is 18.2 Å². The van der Waals surface area contributed by atoms with Gasteiger partial charge in [0.2, 0.25) is 0 Å². The lowest BCUT2D eigenvalue weighted by Gasteiger charge is -2.23. The van der Waals surface area contributed by atoms with E-state index in [9.17, 15) is 15.0 Å². The molecule has 0 saturated heterocycles. The number of nitrogens with one attached hydrogen (secondary N) is 1. The average molecular weight is 298 g/mol. The number of hydrogen-bond donors (Lipinski definition) is 3. The van der Waals surface area contributed by atoms with Crippen molar-refractivity contribution in [2.24, 2.45) is 0 Å². The van der Waals surface area contributed by atoms with Crippen molar-refractivity contribution in [2.45, 2.75) is 30.6 Å². The zero-order valence-electron chi connectivity index (χ0n) is 12.0. The maximum Gasteiger partial charge on any atom is 0.251 e. The number of carbonyl (C=O) groups is 1. The Hall–Kier alpha value is -2.24. The van der Waals surface area contributed by atoms with Crippen molar-refractivity contribution in [3.05, 3.63) is 66.0 Å². The van der Waals surface area contributed by atoms with Crippen molar-refractivity contribution in [1.29, 1.82) is 0 Å². The Bertz CT molecular complexity index is 633. The fourth-order valence-electron chi connectivity index (χ4n) is 2.97. The summed E-state index contributed by atoms with van der Waals surface area (Å²) in [7, 11) is 0. The molecule has 5 nitrogen and oxygen atoms in total. The van der Waals surface area contributed by atoms with Gasteiger partial charge in [0.05, 0.1) is 12.1 Å². The van der Waals surface area contributed by atoms with Gasteiger partial charge in [-0.25, -0.2) is 0 Å². The lowest BCUT2D eigenvalue weighted by Crippen LogP contribution is -2.45. The highest BCUT2D eigenvalue weighted by Crippen LogP contribution is 2.35. The van der Waals surface area contributed by atoms with Gasteiger partial charge in [0, 0.05) is 23.9 Å². The first kappa shape index (κ1) is 14.7. The van der Waals surface area contributed by atoms with E-state index in [1.165, 1.54) is 0 Å². The van der Waals surface area contributed by atoms with Gasteiger partial charge in [0.15, 0.2) is 0 Å². The van der Waals surface area contributed by atoms with E-state index in [-0.39, 0.29) is 11.8 Å². The summed E-state index contributed by atoms with van der Waals surface area (Å²) < 4.78 is 0. The predicted octanol–water partition coefficient (Wildman–Crippen LogP) is 1.09. The Kier molecular flexibility index (Phi) is 4.18. The molecule has 114 valence electrons. The number of hydrogen-bond acceptors (Lipinski definition) is 4. The van der Waals surface area contributed by atoms with Crippen LogP contribution < -0.4 is 5.32 Å². The van der Waals surface area contributed by atoms with Gasteiger partial charge in [-0.1, -0.05) is 24.3 Å². The number of amides is 1. The first-order valence-corrected chi connectivity index (χ1v) is 7.29. The molecule has 2 aromatic rings. The van der Waals surface area contributed by atoms with E-state index in [1.807, 2.05) is 18.2 Å². The van der Waals surface area contributed by atoms with E-state index in [4.69, 9.17) is 0 Å². The van der Waals surface area contributed by atoms with E-state index in [2.05, 4.69) is 10.3 Å². The van der Waals surface area contributed by atoms with Crippen LogP contribution in [0.2, 0.25) is 0 Å². The van der Waals surface area contributed by atoms with Gasteiger partial charge in [-0.05, 0) is 30.2 Å². The molecular formula is C17H18N2O3. The molecule has 1 saturated carbocycles. The van der Waals surface area contributed by atoms with Crippen LogP contribution in [-0.2, 0) is 0 Å². The average Bonchev–Trinajstić information content (AvgIpc) is 2.85. The minimum Gasteiger partial charge on any atom is -0.390 e. The number of aromatic nitrogens is 1. The number of aliphatic hydroxyl groups is 2. The lowest BCUT2D eigenvalue weighted by atomic mass is 9.94. The molecule has 1 aromatic heterocycles. The van der Waals surface area contributed by atoms with Crippen LogP contribution >= 0.6 is 0 Å². The molecule has 0 spiro atoms. The zero-order chi connectivity index (χ0) is 15.5. The molecule has 1 heterocycles. The molecule has 5 heteroatoms. The number of rotatable bonds is 3. The Morgan fingerprint density at radius 1 is 1.14 bits per heavy atom. The van der Waals surface area contributed by atoms with Gasteiger partial charge in [0.1, 0.15) is 6.10 Å². The van der Waals surface area contributed by atoms with Crippen LogP contribution in [0.15, 0.2) is 54.9 Å². The van der Waals surface area contributed by atoms with Crippen LogP contribution in [-0.4, -0.2) is 39.4 Å². The molecule has 1 aromatic carbocycles. The Labute approximate surface area is 128 Å². The SMILES string of the molecule is O=C(N[C@H]1[C@H](O)[C@H](O)C[C@@H]1c1cccnc1)c1ccccc1. The highest BCUT2D eigenvalue weighted by molar-refractivity contribution is 5.94. The molecule has 22 heavy (non-hydrogen) atoms. The molecule has 1 aliphatic carbocycles. The van der Waals surface area contributed by atoms with Crippen molar-refractivity contribution in [3.63, 3.8) is 0 Å². The molecule has 1 amide bonds. The van der Waals surface area contributed by atoms with Crippen molar-refractivity contribution in [3.8, 4) is 0 Å². The first-order chi connectivity index (χ1) is 10.7. The summed E-state index contributed by atoms with van der Waals surface area (Å²) in [5.41, 5.74) is 1.43. The molecule has 3 N–H and O–H groups in total. The van der Waals surface area contributed by atoms with Crippen LogP contribution in [0.25, 0.3) is 0 Å². The Morgan fingerprint density at radius 2 is 1.91 bits per heavy atom. The predicted molar refractivity (Wildman–Crippen MR) is 81.3 cm³/mol. The molecule has 0 aliphatic heterocycles. The summed E-state index contributed by atoms with van der Waals surface area (Å²) in [6, 6.07) is 12.0. The highest BCUT2D eigenvalue weighted by atomic mass is 16.3. The monoisotopic (exact) mass is 298 g/mol. The maximum atomic E-state index is 12.3. The topological polar surface area (TPSA) is 82.5 Å². The Morgan fingerprint density at radius 3 is 2.59 bits per heavy atom. The number of pyridine rings is 1. The largest absolute Gasteiger partial charge is 0.390 e. The molecule has 1 fully saturated rings. The summed E-state index contributed by atoms with van der Waals surface area (Å²) >= 11 is 0. The smallest absolute Gasteiger partial charge is 0.251 e. The molecular weight excluding hydrogens is 280 g/mol. The van der Waals surface area contributed by atoms with Crippen LogP contribution in [0.1, 0.15) is 28.3 Å². The minimum atomic E-state index is -0.988. The fraction of sp³-hybridized carbons (Fsp3) is 0.294. The van der Waals surface area contributed by atoms with E-state index >= 15 is 0 Å². The summed E-state index contributed by atoms with van der Waals surface area (Å²) in [5.74, 6) is -0.418. The number of carbonyl (C=O) groups excluding carboxylic acids is 1. The highest BCUT2D eigenvalue weighted by Gasteiger charge is 2.43. The summed E-state index contributed by atoms with van der Waals surface area (Å²) in [5, 5.41) is 23.0. The van der Waals surface area contributed by atoms with E-state index in [0.717, 1.165) is 5.56 Å². The second-order valence-electron chi connectivity index (χ2n) is 5.55. The number of aliphatic hydroxyl groups excluding tert-OH is 2. The van der Waals surface area contributed by atoms with Crippen molar-refractivity contribution in [1.82, 2.24) is 10.3 Å². The van der Waals surface area contributed by atoms with Crippen molar-refractivity contribution >= 4 is 5.91 Å². The maximum absolute atomic E-state index is 12.3. The van der Waals surface area contributed by atoms with Gasteiger partial charge < -0.3 is 15.5 Å². The second-order valence-corrected chi connectivity index (χ2v) is 5.55. The van der Waals surface area contributed by atoms with Crippen molar-refractivity contribution < 1.29 is 15.0 Å². The van der Waals surface area contributed by atoms with Gasteiger partial charge >= 0.3 is 0 Å². The summed E-state index contributed by atoms with van der Waals surface area (Å²) in [6.07, 6.45) is 1.93. The molecule has 1 aliphatic rings.